The minimum absolute atomic E-state index is 0.153. The molecule has 0 bridgehead atoms. The lowest BCUT2D eigenvalue weighted by Gasteiger charge is -2.68. The molecule has 2 aliphatic carbocycles. The average Bonchev–Trinajstić information content (AvgIpc) is 2.72. The maximum atomic E-state index is 13.4. The molecule has 4 aliphatic rings. The largest absolute Gasteiger partial charge is 0.477 e. The van der Waals surface area contributed by atoms with Gasteiger partial charge in [-0.25, -0.2) is 0 Å². The van der Waals surface area contributed by atoms with Crippen molar-refractivity contribution in [3.05, 3.63) is 41.6 Å². The van der Waals surface area contributed by atoms with Crippen LogP contribution in [0.15, 0.2) is 41.6 Å². The molecule has 1 N–H and O–H groups in total. The van der Waals surface area contributed by atoms with Gasteiger partial charge in [-0.15, -0.1) is 11.8 Å². The summed E-state index contributed by atoms with van der Waals surface area (Å²) in [5, 5.41) is 3.89. The zero-order valence-electron chi connectivity index (χ0n) is 16.0. The molecule has 2 atom stereocenters. The number of thioether (sulfide) groups is 1. The van der Waals surface area contributed by atoms with Crippen molar-refractivity contribution >= 4 is 17.7 Å². The molecule has 27 heavy (non-hydrogen) atoms. The maximum Gasteiger partial charge on any atom is 0.270 e. The lowest BCUT2D eigenvalue weighted by atomic mass is 9.73. The Morgan fingerprint density at radius 1 is 1.07 bits per heavy atom. The molecule has 2 heterocycles. The third-order valence-corrected chi connectivity index (χ3v) is 8.10. The van der Waals surface area contributed by atoms with Crippen molar-refractivity contribution < 1.29 is 9.53 Å². The minimum Gasteiger partial charge on any atom is -0.477 e. The number of carbonyl (C=O) groups is 1. The number of hydrogen-bond acceptors (Lipinski definition) is 4. The van der Waals surface area contributed by atoms with Crippen LogP contribution in [0.2, 0.25) is 0 Å². The second kappa shape index (κ2) is 6.47. The number of β-lactam (4-membered cyclic amide) rings is 1. The molecule has 0 radical (unpaired) electrons. The lowest BCUT2D eigenvalue weighted by Crippen LogP contribution is -2.85. The Labute approximate surface area is 165 Å². The van der Waals surface area contributed by atoms with Crippen LogP contribution in [-0.4, -0.2) is 33.7 Å². The molecule has 5 heteroatoms. The van der Waals surface area contributed by atoms with E-state index in [0.29, 0.717) is 0 Å². The van der Waals surface area contributed by atoms with Gasteiger partial charge in [0.1, 0.15) is 11.4 Å². The molecule has 0 unspecified atom stereocenters. The van der Waals surface area contributed by atoms with Crippen LogP contribution in [0, 0.1) is 0 Å². The van der Waals surface area contributed by atoms with Crippen molar-refractivity contribution in [2.24, 2.45) is 0 Å². The van der Waals surface area contributed by atoms with Crippen LogP contribution in [0.3, 0.4) is 0 Å². The molecule has 144 valence electrons. The highest BCUT2D eigenvalue weighted by Gasteiger charge is 2.71. The molecule has 1 spiro atoms. The number of benzene rings is 1. The Kier molecular flexibility index (Phi) is 4.19. The summed E-state index contributed by atoms with van der Waals surface area (Å²) in [4.78, 5) is 15.3. The van der Waals surface area contributed by atoms with E-state index in [0.717, 1.165) is 31.4 Å². The number of nitrogens with one attached hydrogen (secondary N) is 1. The molecule has 5 rings (SSSR count). The van der Waals surface area contributed by atoms with Gasteiger partial charge in [0.25, 0.3) is 5.91 Å². The summed E-state index contributed by atoms with van der Waals surface area (Å²) in [6.07, 6.45) is 12.1. The van der Waals surface area contributed by atoms with E-state index in [-0.39, 0.29) is 16.4 Å². The van der Waals surface area contributed by atoms with E-state index in [1.165, 1.54) is 43.4 Å². The third-order valence-electron chi connectivity index (χ3n) is 6.83. The first-order valence-electron chi connectivity index (χ1n) is 10.3. The summed E-state index contributed by atoms with van der Waals surface area (Å²) in [6, 6.07) is 9.83. The number of allylic oxidation sites excluding steroid dienone is 1. The Morgan fingerprint density at radius 2 is 1.81 bits per heavy atom. The van der Waals surface area contributed by atoms with Crippen molar-refractivity contribution in [1.82, 2.24) is 10.2 Å². The first-order chi connectivity index (χ1) is 13.2. The molecular formula is C22H28N2O2S. The fourth-order valence-corrected chi connectivity index (χ4v) is 6.95. The molecule has 2 fully saturated rings. The molecule has 1 saturated carbocycles. The van der Waals surface area contributed by atoms with Crippen LogP contribution in [0.5, 0.6) is 5.75 Å². The van der Waals surface area contributed by atoms with Crippen molar-refractivity contribution in [1.29, 1.82) is 0 Å². The zero-order valence-corrected chi connectivity index (χ0v) is 16.8. The highest BCUT2D eigenvalue weighted by molar-refractivity contribution is 8.00. The van der Waals surface area contributed by atoms with Crippen LogP contribution < -0.4 is 10.1 Å². The van der Waals surface area contributed by atoms with Gasteiger partial charge in [-0.3, -0.25) is 9.69 Å². The standard InChI is InChI=1S/C22H28N2O2S/c1-27-22-17-12-6-7-13-18(17)23-21(14-8-3-9-15-21)24(22)20(25)19(22)26-16-10-4-2-5-11-16/h2,4-5,10-11,19,23H,3,6-9,12-15H2,1H3/t19-,22+/m1/s1. The van der Waals surface area contributed by atoms with E-state index >= 15 is 0 Å². The van der Waals surface area contributed by atoms with E-state index < -0.39 is 6.10 Å². The molecule has 0 aromatic heterocycles. The van der Waals surface area contributed by atoms with Crippen LogP contribution in [0.4, 0.5) is 0 Å². The van der Waals surface area contributed by atoms with Crippen molar-refractivity contribution in [3.63, 3.8) is 0 Å². The highest BCUT2D eigenvalue weighted by atomic mass is 32.2. The zero-order chi connectivity index (χ0) is 18.5. The van der Waals surface area contributed by atoms with E-state index in [9.17, 15) is 4.79 Å². The number of hydrogen-bond donors (Lipinski definition) is 1. The van der Waals surface area contributed by atoms with Gasteiger partial charge in [-0.2, -0.15) is 0 Å². The quantitative estimate of drug-likeness (QED) is 0.783. The topological polar surface area (TPSA) is 41.6 Å². The summed E-state index contributed by atoms with van der Waals surface area (Å²) in [5.41, 5.74) is 2.62. The Balaban J connectivity index is 1.59. The number of ether oxygens (including phenoxy) is 1. The number of amides is 1. The molecule has 2 aliphatic heterocycles. The predicted molar refractivity (Wildman–Crippen MR) is 108 cm³/mol. The fourth-order valence-electron chi connectivity index (χ4n) is 5.67. The number of fused-ring (bicyclic) bond motifs is 3. The van der Waals surface area contributed by atoms with E-state index in [4.69, 9.17) is 4.74 Å². The number of para-hydroxylation sites is 1. The second-order valence-electron chi connectivity index (χ2n) is 8.27. The minimum atomic E-state index is -0.418. The van der Waals surface area contributed by atoms with Crippen LogP contribution in [-0.2, 0) is 4.79 Å². The smallest absolute Gasteiger partial charge is 0.270 e. The molecular weight excluding hydrogens is 356 g/mol. The highest BCUT2D eigenvalue weighted by Crippen LogP contribution is 2.59. The fraction of sp³-hybridized carbons (Fsp3) is 0.591. The summed E-state index contributed by atoms with van der Waals surface area (Å²) >= 11 is 1.81. The SMILES string of the molecule is CS[C@]12C3=C(CCCC3)NC3(CCCCC3)N1C(=O)[C@H]2Oc1ccccc1. The van der Waals surface area contributed by atoms with E-state index in [2.05, 4.69) is 16.5 Å². The first-order valence-corrected chi connectivity index (χ1v) is 11.6. The summed E-state index contributed by atoms with van der Waals surface area (Å²) < 4.78 is 6.34. The number of carbonyl (C=O) groups excluding carboxylic acids is 1. The third kappa shape index (κ3) is 2.40. The maximum absolute atomic E-state index is 13.4. The van der Waals surface area contributed by atoms with Crippen molar-refractivity contribution in [2.45, 2.75) is 74.4 Å². The molecule has 1 aromatic rings. The monoisotopic (exact) mass is 384 g/mol. The Bertz CT molecular complexity index is 772. The van der Waals surface area contributed by atoms with Gasteiger partial charge in [-0.05, 0) is 75.3 Å². The van der Waals surface area contributed by atoms with Gasteiger partial charge >= 0.3 is 0 Å². The second-order valence-corrected chi connectivity index (χ2v) is 9.30. The van der Waals surface area contributed by atoms with Gasteiger partial charge in [0.2, 0.25) is 6.10 Å². The number of rotatable bonds is 3. The lowest BCUT2D eigenvalue weighted by molar-refractivity contribution is -0.187. The predicted octanol–water partition coefficient (Wildman–Crippen LogP) is 4.43. The molecule has 1 aromatic carbocycles. The van der Waals surface area contributed by atoms with Gasteiger partial charge in [0.05, 0.1) is 0 Å². The van der Waals surface area contributed by atoms with E-state index in [1.807, 2.05) is 42.1 Å². The van der Waals surface area contributed by atoms with Gasteiger partial charge < -0.3 is 10.1 Å². The summed E-state index contributed by atoms with van der Waals surface area (Å²) in [7, 11) is 0. The molecule has 1 saturated heterocycles. The van der Waals surface area contributed by atoms with Crippen LogP contribution in [0.1, 0.15) is 57.8 Å². The molecule has 1 amide bonds. The Morgan fingerprint density at radius 3 is 2.56 bits per heavy atom. The summed E-state index contributed by atoms with van der Waals surface area (Å²) in [5.74, 6) is 0.942. The normalized spacial score (nSPS) is 31.7. The van der Waals surface area contributed by atoms with Gasteiger partial charge in [0, 0.05) is 5.70 Å². The summed E-state index contributed by atoms with van der Waals surface area (Å²) in [6.45, 7) is 0. The van der Waals surface area contributed by atoms with Gasteiger partial charge in [-0.1, -0.05) is 24.6 Å². The van der Waals surface area contributed by atoms with Crippen molar-refractivity contribution in [2.75, 3.05) is 6.26 Å². The van der Waals surface area contributed by atoms with Crippen molar-refractivity contribution in [3.8, 4) is 5.75 Å². The average molecular weight is 385 g/mol. The first kappa shape index (κ1) is 17.5. The van der Waals surface area contributed by atoms with Crippen LogP contribution in [0.25, 0.3) is 0 Å². The number of nitrogens with zero attached hydrogens (tertiary/aromatic N) is 1. The Hall–Kier alpha value is -1.62. The van der Waals surface area contributed by atoms with E-state index in [1.54, 1.807) is 0 Å². The van der Waals surface area contributed by atoms with Crippen LogP contribution >= 0.6 is 11.8 Å². The van der Waals surface area contributed by atoms with Gasteiger partial charge in [0.15, 0.2) is 4.87 Å². The molecule has 4 nitrogen and oxygen atoms in total.